The summed E-state index contributed by atoms with van der Waals surface area (Å²) >= 11 is 0. The number of halogens is 3. The third-order valence-electron chi connectivity index (χ3n) is 3.12. The van der Waals surface area contributed by atoms with E-state index < -0.39 is 17.9 Å². The van der Waals surface area contributed by atoms with Gasteiger partial charge in [0.2, 0.25) is 0 Å². The van der Waals surface area contributed by atoms with Crippen LogP contribution >= 0.6 is 0 Å². The summed E-state index contributed by atoms with van der Waals surface area (Å²) in [6, 6.07) is 4.99. The van der Waals surface area contributed by atoms with Gasteiger partial charge in [0.05, 0.1) is 5.56 Å². The summed E-state index contributed by atoms with van der Waals surface area (Å²) in [6.07, 6.45) is -4.79. The molecule has 0 saturated heterocycles. The molecular formula is C15H13F3O3. The maximum absolute atomic E-state index is 12.4. The zero-order valence-electron chi connectivity index (χ0n) is 11.7. The van der Waals surface area contributed by atoms with Gasteiger partial charge in [0.1, 0.15) is 17.3 Å². The molecule has 0 spiro atoms. The van der Waals surface area contributed by atoms with E-state index in [1.165, 1.54) is 12.1 Å². The van der Waals surface area contributed by atoms with E-state index in [-0.39, 0.29) is 5.56 Å². The number of carbonyl (C=O) groups is 1. The molecule has 21 heavy (non-hydrogen) atoms. The first-order chi connectivity index (χ1) is 9.69. The van der Waals surface area contributed by atoms with Crippen LogP contribution in [0.4, 0.5) is 13.2 Å². The Morgan fingerprint density at radius 1 is 1.14 bits per heavy atom. The van der Waals surface area contributed by atoms with Crippen LogP contribution in [0.25, 0.3) is 0 Å². The van der Waals surface area contributed by atoms with Gasteiger partial charge in [0, 0.05) is 11.1 Å². The molecule has 3 nitrogen and oxygen atoms in total. The second kappa shape index (κ2) is 5.27. The van der Waals surface area contributed by atoms with Crippen LogP contribution in [0.5, 0.6) is 5.75 Å². The normalized spacial score (nSPS) is 11.5. The second-order valence-corrected chi connectivity index (χ2v) is 4.62. The summed E-state index contributed by atoms with van der Waals surface area (Å²) in [4.78, 5) is 12.4. The van der Waals surface area contributed by atoms with Crippen molar-refractivity contribution in [1.82, 2.24) is 0 Å². The smallest absolute Gasteiger partial charge is 0.466 e. The fourth-order valence-corrected chi connectivity index (χ4v) is 2.11. The van der Waals surface area contributed by atoms with Crippen molar-refractivity contribution >= 4 is 5.78 Å². The van der Waals surface area contributed by atoms with Gasteiger partial charge in [-0.2, -0.15) is 0 Å². The van der Waals surface area contributed by atoms with Crippen LogP contribution in [0.2, 0.25) is 0 Å². The number of furan rings is 1. The monoisotopic (exact) mass is 298 g/mol. The van der Waals surface area contributed by atoms with E-state index in [0.29, 0.717) is 22.6 Å². The number of benzene rings is 1. The van der Waals surface area contributed by atoms with Crippen molar-refractivity contribution < 1.29 is 27.1 Å². The Bertz CT molecular complexity index is 684. The lowest BCUT2D eigenvalue weighted by Gasteiger charge is -2.09. The van der Waals surface area contributed by atoms with Gasteiger partial charge in [-0.1, -0.05) is 12.1 Å². The molecular weight excluding hydrogens is 285 g/mol. The summed E-state index contributed by atoms with van der Waals surface area (Å²) in [5, 5.41) is 0. The number of aryl methyl sites for hydroxylation is 2. The van der Waals surface area contributed by atoms with Gasteiger partial charge in [0.15, 0.2) is 5.78 Å². The van der Waals surface area contributed by atoms with E-state index in [4.69, 9.17) is 4.42 Å². The molecule has 1 aromatic carbocycles. The highest BCUT2D eigenvalue weighted by Crippen LogP contribution is 2.27. The topological polar surface area (TPSA) is 39.4 Å². The fourth-order valence-electron chi connectivity index (χ4n) is 2.11. The zero-order valence-corrected chi connectivity index (χ0v) is 11.7. The highest BCUT2D eigenvalue weighted by atomic mass is 19.4. The van der Waals surface area contributed by atoms with E-state index in [0.717, 1.165) is 12.1 Å². The van der Waals surface area contributed by atoms with Gasteiger partial charge in [0.25, 0.3) is 0 Å². The average molecular weight is 298 g/mol. The highest BCUT2D eigenvalue weighted by molar-refractivity contribution is 6.10. The Kier molecular flexibility index (Phi) is 3.80. The molecule has 1 heterocycles. The van der Waals surface area contributed by atoms with Crippen LogP contribution in [0, 0.1) is 20.8 Å². The van der Waals surface area contributed by atoms with Gasteiger partial charge in [-0.25, -0.2) is 0 Å². The maximum atomic E-state index is 12.4. The van der Waals surface area contributed by atoms with E-state index >= 15 is 0 Å². The first kappa shape index (κ1) is 15.2. The van der Waals surface area contributed by atoms with Crippen molar-refractivity contribution in [2.24, 2.45) is 0 Å². The summed E-state index contributed by atoms with van der Waals surface area (Å²) < 4.78 is 45.8. The third-order valence-corrected chi connectivity index (χ3v) is 3.12. The minimum Gasteiger partial charge on any atom is -0.466 e. The first-order valence-electron chi connectivity index (χ1n) is 6.16. The Morgan fingerprint density at radius 2 is 1.81 bits per heavy atom. The quantitative estimate of drug-likeness (QED) is 0.792. The number of ketones is 1. The van der Waals surface area contributed by atoms with Crippen molar-refractivity contribution in [1.29, 1.82) is 0 Å². The lowest BCUT2D eigenvalue weighted by Crippen LogP contribution is -2.17. The summed E-state index contributed by atoms with van der Waals surface area (Å²) in [5.41, 5.74) is 1.17. The molecule has 2 rings (SSSR count). The molecule has 0 radical (unpaired) electrons. The van der Waals surface area contributed by atoms with Gasteiger partial charge in [-0.05, 0) is 32.9 Å². The van der Waals surface area contributed by atoms with Crippen LogP contribution in [0.3, 0.4) is 0 Å². The Morgan fingerprint density at radius 3 is 2.33 bits per heavy atom. The Hall–Kier alpha value is -2.24. The minimum atomic E-state index is -4.79. The van der Waals surface area contributed by atoms with Crippen molar-refractivity contribution in [2.75, 3.05) is 0 Å². The lowest BCUT2D eigenvalue weighted by molar-refractivity contribution is -0.274. The summed E-state index contributed by atoms with van der Waals surface area (Å²) in [6.45, 7) is 5.10. The molecule has 2 aromatic rings. The Labute approximate surface area is 119 Å². The number of hydrogen-bond acceptors (Lipinski definition) is 3. The predicted molar refractivity (Wildman–Crippen MR) is 69.5 cm³/mol. The molecule has 6 heteroatoms. The summed E-state index contributed by atoms with van der Waals surface area (Å²) in [5.74, 6) is 0.231. The molecule has 0 saturated carbocycles. The Balaban J connectivity index is 2.38. The molecule has 0 aliphatic rings. The van der Waals surface area contributed by atoms with Crippen LogP contribution in [0.1, 0.15) is 33.0 Å². The molecule has 0 amide bonds. The molecule has 0 bridgehead atoms. The van der Waals surface area contributed by atoms with Crippen LogP contribution < -0.4 is 4.74 Å². The SMILES string of the molecule is Cc1oc(C)c(C(=O)c2cccc(OC(F)(F)F)c2)c1C. The lowest BCUT2D eigenvalue weighted by atomic mass is 10.00. The van der Waals surface area contributed by atoms with E-state index in [9.17, 15) is 18.0 Å². The molecule has 0 fully saturated rings. The molecule has 1 aromatic heterocycles. The zero-order chi connectivity index (χ0) is 15.8. The van der Waals surface area contributed by atoms with Crippen molar-refractivity contribution in [3.8, 4) is 5.75 Å². The van der Waals surface area contributed by atoms with Crippen LogP contribution in [-0.2, 0) is 0 Å². The largest absolute Gasteiger partial charge is 0.573 e. The molecule has 0 aliphatic carbocycles. The standard InChI is InChI=1S/C15H13F3O3/c1-8-9(2)20-10(3)13(8)14(19)11-5-4-6-12(7-11)21-15(16,17)18/h4-7H,1-3H3. The van der Waals surface area contributed by atoms with E-state index in [2.05, 4.69) is 4.74 Å². The maximum Gasteiger partial charge on any atom is 0.573 e. The van der Waals surface area contributed by atoms with Gasteiger partial charge in [-0.15, -0.1) is 13.2 Å². The number of ether oxygens (including phenoxy) is 1. The van der Waals surface area contributed by atoms with Crippen LogP contribution in [0.15, 0.2) is 28.7 Å². The number of rotatable bonds is 3. The van der Waals surface area contributed by atoms with Crippen LogP contribution in [-0.4, -0.2) is 12.1 Å². The van der Waals surface area contributed by atoms with Gasteiger partial charge >= 0.3 is 6.36 Å². The number of alkyl halides is 3. The second-order valence-electron chi connectivity index (χ2n) is 4.62. The number of hydrogen-bond donors (Lipinski definition) is 0. The molecule has 112 valence electrons. The van der Waals surface area contributed by atoms with E-state index in [1.54, 1.807) is 20.8 Å². The molecule has 0 N–H and O–H groups in total. The fraction of sp³-hybridized carbons (Fsp3) is 0.267. The van der Waals surface area contributed by atoms with Crippen molar-refractivity contribution in [3.63, 3.8) is 0 Å². The van der Waals surface area contributed by atoms with E-state index in [1.807, 2.05) is 0 Å². The minimum absolute atomic E-state index is 0.115. The molecule has 0 aliphatic heterocycles. The predicted octanol–water partition coefficient (Wildman–Crippen LogP) is 4.33. The molecule has 0 atom stereocenters. The third kappa shape index (κ3) is 3.26. The summed E-state index contributed by atoms with van der Waals surface area (Å²) in [7, 11) is 0. The average Bonchev–Trinajstić information content (AvgIpc) is 2.61. The van der Waals surface area contributed by atoms with Crippen molar-refractivity contribution in [2.45, 2.75) is 27.1 Å². The first-order valence-corrected chi connectivity index (χ1v) is 6.16. The van der Waals surface area contributed by atoms with Gasteiger partial charge in [-0.3, -0.25) is 4.79 Å². The molecule has 0 unspecified atom stereocenters. The highest BCUT2D eigenvalue weighted by Gasteiger charge is 2.31. The van der Waals surface area contributed by atoms with Crippen molar-refractivity contribution in [3.05, 3.63) is 52.5 Å². The number of carbonyl (C=O) groups excluding carboxylic acids is 1. The van der Waals surface area contributed by atoms with Gasteiger partial charge < -0.3 is 9.15 Å².